The first-order valence-corrected chi connectivity index (χ1v) is 4.77. The van der Waals surface area contributed by atoms with Gasteiger partial charge in [-0.2, -0.15) is 0 Å². The van der Waals surface area contributed by atoms with Gasteiger partial charge in [-0.05, 0) is 18.6 Å². The smallest absolute Gasteiger partial charge is 0.274 e. The van der Waals surface area contributed by atoms with E-state index in [0.717, 1.165) is 0 Å². The Morgan fingerprint density at radius 2 is 2.19 bits per heavy atom. The van der Waals surface area contributed by atoms with E-state index in [-0.39, 0.29) is 17.2 Å². The predicted octanol–water partition coefficient (Wildman–Crippen LogP) is 1.16. The van der Waals surface area contributed by atoms with Crippen LogP contribution in [-0.2, 0) is 0 Å². The van der Waals surface area contributed by atoms with E-state index in [1.807, 2.05) is 13.8 Å². The van der Waals surface area contributed by atoms with Gasteiger partial charge < -0.3 is 5.21 Å². The van der Waals surface area contributed by atoms with Crippen molar-refractivity contribution in [3.8, 4) is 0 Å². The number of nitro groups is 1. The molecule has 0 aliphatic rings. The van der Waals surface area contributed by atoms with Crippen LogP contribution in [0.25, 0.3) is 11.0 Å². The molecule has 0 bridgehead atoms. The summed E-state index contributed by atoms with van der Waals surface area (Å²) in [5.74, 6) is 0. The van der Waals surface area contributed by atoms with Crippen molar-refractivity contribution in [2.24, 2.45) is 0 Å². The van der Waals surface area contributed by atoms with E-state index in [9.17, 15) is 15.3 Å². The lowest BCUT2D eigenvalue weighted by Gasteiger charge is -2.05. The summed E-state index contributed by atoms with van der Waals surface area (Å²) >= 11 is 0. The average molecular weight is 222 g/mol. The lowest BCUT2D eigenvalue weighted by atomic mass is 10.3. The van der Waals surface area contributed by atoms with Gasteiger partial charge in [0, 0.05) is 17.2 Å². The molecule has 2 aromatic rings. The third-order valence-electron chi connectivity index (χ3n) is 2.23. The van der Waals surface area contributed by atoms with Gasteiger partial charge in [0.25, 0.3) is 5.69 Å². The third-order valence-corrected chi connectivity index (χ3v) is 2.23. The molecule has 84 valence electrons. The maximum atomic E-state index is 11.7. The molecule has 2 rings (SSSR count). The van der Waals surface area contributed by atoms with E-state index in [2.05, 4.69) is 5.10 Å². The van der Waals surface area contributed by atoms with Crippen LogP contribution in [-0.4, -0.2) is 14.8 Å². The Bertz CT molecular complexity index is 561. The molecule has 0 amide bonds. The highest BCUT2D eigenvalue weighted by Gasteiger charge is 2.19. The van der Waals surface area contributed by atoms with E-state index in [4.69, 9.17) is 0 Å². The van der Waals surface area contributed by atoms with Gasteiger partial charge in [0.2, 0.25) is 11.0 Å². The summed E-state index contributed by atoms with van der Waals surface area (Å²) in [5, 5.41) is 26.4. The van der Waals surface area contributed by atoms with Crippen LogP contribution in [0.4, 0.5) is 5.69 Å². The van der Waals surface area contributed by atoms with Crippen molar-refractivity contribution in [3.05, 3.63) is 33.5 Å². The SMILES string of the molecule is CC(C)n1nc2ccc([N+](=O)[O-])cc2[n+]1[O-]. The molecule has 0 atom stereocenters. The first-order valence-electron chi connectivity index (χ1n) is 4.77. The number of benzene rings is 1. The van der Waals surface area contributed by atoms with Gasteiger partial charge in [-0.1, -0.05) is 0 Å². The zero-order valence-corrected chi connectivity index (χ0v) is 8.82. The van der Waals surface area contributed by atoms with Crippen molar-refractivity contribution >= 4 is 16.7 Å². The highest BCUT2D eigenvalue weighted by atomic mass is 16.6. The zero-order valence-electron chi connectivity index (χ0n) is 8.82. The molecule has 0 unspecified atom stereocenters. The van der Waals surface area contributed by atoms with Crippen LogP contribution in [0.3, 0.4) is 0 Å². The van der Waals surface area contributed by atoms with E-state index >= 15 is 0 Å². The van der Waals surface area contributed by atoms with Crippen molar-refractivity contribution in [2.75, 3.05) is 0 Å². The molecule has 7 heteroatoms. The Morgan fingerprint density at radius 3 is 2.75 bits per heavy atom. The van der Waals surface area contributed by atoms with E-state index in [1.165, 1.54) is 23.0 Å². The van der Waals surface area contributed by atoms with Crippen LogP contribution in [0.1, 0.15) is 19.9 Å². The molecule has 1 heterocycles. The lowest BCUT2D eigenvalue weighted by Crippen LogP contribution is -2.39. The monoisotopic (exact) mass is 222 g/mol. The number of hydrogen-bond acceptors (Lipinski definition) is 4. The van der Waals surface area contributed by atoms with Gasteiger partial charge in [-0.25, -0.2) is 0 Å². The fourth-order valence-corrected chi connectivity index (χ4v) is 1.45. The molecule has 0 N–H and O–H groups in total. The fraction of sp³-hybridized carbons (Fsp3) is 0.333. The quantitative estimate of drug-likeness (QED) is 0.330. The molecule has 0 fully saturated rings. The van der Waals surface area contributed by atoms with Crippen molar-refractivity contribution in [3.63, 3.8) is 0 Å². The Morgan fingerprint density at radius 1 is 1.50 bits per heavy atom. The normalized spacial score (nSPS) is 11.2. The predicted molar refractivity (Wildman–Crippen MR) is 55.7 cm³/mol. The maximum Gasteiger partial charge on any atom is 0.274 e. The topological polar surface area (TPSA) is 87.9 Å². The standard InChI is InChI=1S/C9H10N4O3/c1-6(2)11-10-8-4-3-7(13(15)16)5-9(8)12(11)14/h3-6H,1-2H3. The second kappa shape index (κ2) is 3.44. The molecule has 0 saturated carbocycles. The summed E-state index contributed by atoms with van der Waals surface area (Å²) in [6.07, 6.45) is 0. The third kappa shape index (κ3) is 1.46. The molecule has 1 aromatic heterocycles. The molecule has 0 saturated heterocycles. The van der Waals surface area contributed by atoms with Gasteiger partial charge in [0.15, 0.2) is 0 Å². The molecule has 0 aliphatic carbocycles. The highest BCUT2D eigenvalue weighted by Crippen LogP contribution is 2.17. The average Bonchev–Trinajstić information content (AvgIpc) is 2.56. The molecule has 0 radical (unpaired) electrons. The summed E-state index contributed by atoms with van der Waals surface area (Å²) < 4.78 is 0. The molecule has 1 aromatic carbocycles. The molecule has 7 nitrogen and oxygen atoms in total. The molecule has 0 spiro atoms. The minimum atomic E-state index is -0.536. The number of hydrogen-bond donors (Lipinski definition) is 0. The van der Waals surface area contributed by atoms with E-state index < -0.39 is 4.92 Å². The Balaban J connectivity index is 2.69. The number of nitrogens with zero attached hydrogens (tertiary/aromatic N) is 4. The van der Waals surface area contributed by atoms with Crippen molar-refractivity contribution in [1.29, 1.82) is 0 Å². The second-order valence-electron chi connectivity index (χ2n) is 3.72. The minimum Gasteiger partial charge on any atom is -0.692 e. The number of nitro benzene ring substituents is 1. The summed E-state index contributed by atoms with van der Waals surface area (Å²) in [5.41, 5.74) is 0.553. The zero-order chi connectivity index (χ0) is 11.9. The number of fused-ring (bicyclic) bond motifs is 1. The number of aromatic nitrogens is 3. The van der Waals surface area contributed by atoms with Crippen molar-refractivity contribution in [2.45, 2.75) is 19.9 Å². The van der Waals surface area contributed by atoms with Gasteiger partial charge in [0.05, 0.1) is 11.0 Å². The summed E-state index contributed by atoms with van der Waals surface area (Å²) in [6.45, 7) is 3.63. The highest BCUT2D eigenvalue weighted by molar-refractivity contribution is 5.73. The van der Waals surface area contributed by atoms with Crippen LogP contribution in [0.15, 0.2) is 18.2 Å². The minimum absolute atomic E-state index is 0.0936. The molecule has 0 aliphatic heterocycles. The largest absolute Gasteiger partial charge is 0.692 e. The summed E-state index contributed by atoms with van der Waals surface area (Å²) in [7, 11) is 0. The maximum absolute atomic E-state index is 11.7. The molecular weight excluding hydrogens is 212 g/mol. The second-order valence-corrected chi connectivity index (χ2v) is 3.72. The fourth-order valence-electron chi connectivity index (χ4n) is 1.45. The first kappa shape index (κ1) is 10.3. The summed E-state index contributed by atoms with van der Waals surface area (Å²) in [4.78, 5) is 11.8. The van der Waals surface area contributed by atoms with Gasteiger partial charge >= 0.3 is 0 Å². The van der Waals surface area contributed by atoms with Crippen LogP contribution in [0.2, 0.25) is 0 Å². The van der Waals surface area contributed by atoms with E-state index in [0.29, 0.717) is 10.4 Å². The van der Waals surface area contributed by atoms with E-state index in [1.54, 1.807) is 0 Å². The summed E-state index contributed by atoms with van der Waals surface area (Å²) in [6, 6.07) is 3.94. The van der Waals surface area contributed by atoms with Gasteiger partial charge in [-0.3, -0.25) is 10.1 Å². The van der Waals surface area contributed by atoms with Gasteiger partial charge in [-0.15, -0.1) is 4.85 Å². The Kier molecular flexibility index (Phi) is 2.22. The molecule has 16 heavy (non-hydrogen) atoms. The Hall–Kier alpha value is -2.18. The van der Waals surface area contributed by atoms with Gasteiger partial charge in [0.1, 0.15) is 6.04 Å². The first-order chi connectivity index (χ1) is 7.50. The Labute approximate surface area is 90.6 Å². The van der Waals surface area contributed by atoms with Crippen molar-refractivity contribution < 1.29 is 9.77 Å². The van der Waals surface area contributed by atoms with Crippen molar-refractivity contribution in [1.82, 2.24) is 9.90 Å². The molecular formula is C9H10N4O3. The van der Waals surface area contributed by atoms with Crippen LogP contribution in [0.5, 0.6) is 0 Å². The number of non-ortho nitro benzene ring substituents is 1. The van der Waals surface area contributed by atoms with Crippen LogP contribution >= 0.6 is 0 Å². The lowest BCUT2D eigenvalue weighted by molar-refractivity contribution is -0.678. The number of rotatable bonds is 2. The van der Waals surface area contributed by atoms with Crippen LogP contribution < -0.4 is 4.85 Å². The van der Waals surface area contributed by atoms with Crippen LogP contribution in [0, 0.1) is 15.3 Å².